The molecule has 2 rings (SSSR count). The van der Waals surface area contributed by atoms with Crippen molar-refractivity contribution in [2.24, 2.45) is 0 Å². The number of nitrogens with one attached hydrogen (secondary N) is 2. The number of quaternary nitrogens is 2. The molecule has 1 heterocycles. The molecule has 1 aliphatic heterocycles. The van der Waals surface area contributed by atoms with Gasteiger partial charge >= 0.3 is 0 Å². The molecule has 1 saturated heterocycles. The molecular formula is C18H32N2O2+2. The molecule has 0 spiro atoms. The van der Waals surface area contributed by atoms with E-state index in [0.29, 0.717) is 19.1 Å². The lowest BCUT2D eigenvalue weighted by Crippen LogP contribution is -3.28. The van der Waals surface area contributed by atoms with Gasteiger partial charge < -0.3 is 19.6 Å². The molecule has 2 atom stereocenters. The summed E-state index contributed by atoms with van der Waals surface area (Å²) in [6.07, 6.45) is -0.346. The molecule has 124 valence electrons. The molecule has 1 fully saturated rings. The minimum atomic E-state index is -0.346. The first kappa shape index (κ1) is 17.4. The van der Waals surface area contributed by atoms with Gasteiger partial charge in [0.15, 0.2) is 0 Å². The minimum absolute atomic E-state index is 0.346. The Labute approximate surface area is 134 Å². The van der Waals surface area contributed by atoms with E-state index in [1.165, 1.54) is 43.2 Å². The summed E-state index contributed by atoms with van der Waals surface area (Å²) in [7, 11) is 0. The van der Waals surface area contributed by atoms with Gasteiger partial charge in [-0.1, -0.05) is 37.3 Å². The molecule has 0 aromatic heterocycles. The highest BCUT2D eigenvalue weighted by atomic mass is 16.5. The molecule has 0 saturated carbocycles. The van der Waals surface area contributed by atoms with Crippen molar-refractivity contribution in [1.29, 1.82) is 0 Å². The Morgan fingerprint density at radius 3 is 2.32 bits per heavy atom. The van der Waals surface area contributed by atoms with Crippen LogP contribution in [0.3, 0.4) is 0 Å². The van der Waals surface area contributed by atoms with Crippen molar-refractivity contribution in [3.8, 4) is 0 Å². The SMILES string of the molecule is CC[NH+]1CC[NH+](C[C@H](O)COC[C@@H](C)c2ccccc2)CC1. The molecule has 1 aliphatic rings. The van der Waals surface area contributed by atoms with Crippen molar-refractivity contribution in [3.05, 3.63) is 35.9 Å². The van der Waals surface area contributed by atoms with Gasteiger partial charge in [0.05, 0.1) is 19.8 Å². The largest absolute Gasteiger partial charge is 0.385 e. The van der Waals surface area contributed by atoms with Crippen LogP contribution in [0.15, 0.2) is 30.3 Å². The summed E-state index contributed by atoms with van der Waals surface area (Å²) in [6, 6.07) is 10.4. The molecule has 22 heavy (non-hydrogen) atoms. The van der Waals surface area contributed by atoms with Crippen LogP contribution in [0.25, 0.3) is 0 Å². The Hall–Kier alpha value is -0.940. The van der Waals surface area contributed by atoms with Gasteiger partial charge in [0.2, 0.25) is 0 Å². The fourth-order valence-corrected chi connectivity index (χ4v) is 3.17. The van der Waals surface area contributed by atoms with Gasteiger partial charge in [-0.3, -0.25) is 0 Å². The average molecular weight is 308 g/mol. The van der Waals surface area contributed by atoms with Crippen molar-refractivity contribution in [2.45, 2.75) is 25.9 Å². The molecule has 1 aromatic carbocycles. The molecule has 4 nitrogen and oxygen atoms in total. The minimum Gasteiger partial charge on any atom is -0.385 e. The lowest BCUT2D eigenvalue weighted by atomic mass is 10.0. The van der Waals surface area contributed by atoms with E-state index in [4.69, 9.17) is 4.74 Å². The van der Waals surface area contributed by atoms with E-state index in [0.717, 1.165) is 6.54 Å². The fraction of sp³-hybridized carbons (Fsp3) is 0.667. The quantitative estimate of drug-likeness (QED) is 0.575. The molecule has 0 aliphatic carbocycles. The number of rotatable bonds is 8. The van der Waals surface area contributed by atoms with Gasteiger partial charge in [-0.2, -0.15) is 0 Å². The monoisotopic (exact) mass is 308 g/mol. The number of ether oxygens (including phenoxy) is 1. The van der Waals surface area contributed by atoms with Gasteiger partial charge in [0.1, 0.15) is 38.8 Å². The first-order valence-corrected chi connectivity index (χ1v) is 8.67. The summed E-state index contributed by atoms with van der Waals surface area (Å²) in [5, 5.41) is 10.2. The van der Waals surface area contributed by atoms with E-state index in [2.05, 4.69) is 38.1 Å². The summed E-state index contributed by atoms with van der Waals surface area (Å²) in [6.45, 7) is 12.4. The summed E-state index contributed by atoms with van der Waals surface area (Å²) < 4.78 is 5.73. The van der Waals surface area contributed by atoms with E-state index in [1.54, 1.807) is 4.90 Å². The van der Waals surface area contributed by atoms with Crippen molar-refractivity contribution >= 4 is 0 Å². The van der Waals surface area contributed by atoms with E-state index >= 15 is 0 Å². The van der Waals surface area contributed by atoms with Crippen molar-refractivity contribution in [1.82, 2.24) is 0 Å². The van der Waals surface area contributed by atoms with Crippen LogP contribution < -0.4 is 9.80 Å². The molecule has 0 amide bonds. The normalized spacial score (nSPS) is 24.9. The van der Waals surface area contributed by atoms with Crippen LogP contribution in [0.2, 0.25) is 0 Å². The molecule has 0 bridgehead atoms. The maximum absolute atomic E-state index is 10.2. The third-order valence-electron chi connectivity index (χ3n) is 4.74. The van der Waals surface area contributed by atoms with Crippen LogP contribution in [-0.2, 0) is 4.74 Å². The topological polar surface area (TPSA) is 38.3 Å². The second-order valence-electron chi connectivity index (χ2n) is 6.56. The fourth-order valence-electron chi connectivity index (χ4n) is 3.17. The van der Waals surface area contributed by atoms with Crippen molar-refractivity contribution in [3.63, 3.8) is 0 Å². The smallest absolute Gasteiger partial charge is 0.127 e. The zero-order valence-electron chi connectivity index (χ0n) is 14.1. The maximum Gasteiger partial charge on any atom is 0.127 e. The molecule has 0 unspecified atom stereocenters. The Kier molecular flexibility index (Phi) is 7.33. The highest BCUT2D eigenvalue weighted by Crippen LogP contribution is 2.14. The number of piperazine rings is 1. The van der Waals surface area contributed by atoms with Gasteiger partial charge in [0, 0.05) is 5.92 Å². The molecular weight excluding hydrogens is 276 g/mol. The number of benzene rings is 1. The first-order chi connectivity index (χ1) is 10.7. The standard InChI is InChI=1S/C18H30N2O2/c1-3-19-9-11-20(12-10-19)13-18(21)15-22-14-16(2)17-7-5-4-6-8-17/h4-8,16,18,21H,3,9-15H2,1-2H3/p+2/t16-,18+/m1/s1. The molecule has 3 N–H and O–H groups in total. The Morgan fingerprint density at radius 1 is 1.05 bits per heavy atom. The Bertz CT molecular complexity index is 405. The van der Waals surface area contributed by atoms with Gasteiger partial charge in [0.25, 0.3) is 0 Å². The second-order valence-corrected chi connectivity index (χ2v) is 6.56. The Balaban J connectivity index is 1.61. The number of hydrogen-bond donors (Lipinski definition) is 3. The zero-order chi connectivity index (χ0) is 15.8. The summed E-state index contributed by atoms with van der Waals surface area (Å²) in [5.74, 6) is 0.373. The third kappa shape index (κ3) is 5.69. The van der Waals surface area contributed by atoms with E-state index in [1.807, 2.05) is 6.07 Å². The van der Waals surface area contributed by atoms with Gasteiger partial charge in [-0.05, 0) is 12.5 Å². The number of aliphatic hydroxyl groups is 1. The highest BCUT2D eigenvalue weighted by Gasteiger charge is 2.23. The van der Waals surface area contributed by atoms with Gasteiger partial charge in [-0.15, -0.1) is 0 Å². The van der Waals surface area contributed by atoms with E-state index in [-0.39, 0.29) is 6.10 Å². The average Bonchev–Trinajstić information content (AvgIpc) is 2.56. The summed E-state index contributed by atoms with van der Waals surface area (Å²) in [4.78, 5) is 3.20. The third-order valence-corrected chi connectivity index (χ3v) is 4.74. The lowest BCUT2D eigenvalue weighted by Gasteiger charge is -2.30. The predicted octanol–water partition coefficient (Wildman–Crippen LogP) is -1.03. The Morgan fingerprint density at radius 2 is 1.68 bits per heavy atom. The second kappa shape index (κ2) is 9.26. The van der Waals surface area contributed by atoms with Crippen LogP contribution >= 0.6 is 0 Å². The molecule has 0 radical (unpaired) electrons. The van der Waals surface area contributed by atoms with Crippen LogP contribution in [0, 0.1) is 0 Å². The van der Waals surface area contributed by atoms with Crippen molar-refractivity contribution < 1.29 is 19.6 Å². The summed E-state index contributed by atoms with van der Waals surface area (Å²) in [5.41, 5.74) is 1.29. The summed E-state index contributed by atoms with van der Waals surface area (Å²) >= 11 is 0. The van der Waals surface area contributed by atoms with Crippen LogP contribution in [0.1, 0.15) is 25.3 Å². The number of aliphatic hydroxyl groups excluding tert-OH is 1. The van der Waals surface area contributed by atoms with Crippen molar-refractivity contribution in [2.75, 3.05) is 52.5 Å². The maximum atomic E-state index is 10.2. The van der Waals surface area contributed by atoms with Crippen LogP contribution in [0.5, 0.6) is 0 Å². The predicted molar refractivity (Wildman–Crippen MR) is 88.5 cm³/mol. The van der Waals surface area contributed by atoms with Crippen LogP contribution in [0.4, 0.5) is 0 Å². The van der Waals surface area contributed by atoms with E-state index in [9.17, 15) is 5.11 Å². The number of likely N-dealkylation sites (N-methyl/N-ethyl adjacent to an activating group) is 1. The highest BCUT2D eigenvalue weighted by molar-refractivity contribution is 5.18. The van der Waals surface area contributed by atoms with E-state index < -0.39 is 0 Å². The number of hydrogen-bond acceptors (Lipinski definition) is 2. The molecule has 1 aromatic rings. The van der Waals surface area contributed by atoms with Crippen LogP contribution in [-0.4, -0.2) is 63.7 Å². The zero-order valence-corrected chi connectivity index (χ0v) is 14.1. The first-order valence-electron chi connectivity index (χ1n) is 8.67. The van der Waals surface area contributed by atoms with Gasteiger partial charge in [-0.25, -0.2) is 0 Å². The lowest BCUT2D eigenvalue weighted by molar-refractivity contribution is -1.01. The molecule has 4 heteroatoms.